The summed E-state index contributed by atoms with van der Waals surface area (Å²) in [6, 6.07) is 10.4. The maximum atomic E-state index is 13.2. The highest BCUT2D eigenvalue weighted by Gasteiger charge is 2.24. The number of nitrogens with one attached hydrogen (secondary N) is 2. The van der Waals surface area contributed by atoms with Crippen LogP contribution in [0.3, 0.4) is 0 Å². The largest absolute Gasteiger partial charge is 0.396 e. The Balaban J connectivity index is -0.000000540. The topological polar surface area (TPSA) is 124 Å². The minimum atomic E-state index is -0.958. The molecule has 1 heterocycles. The van der Waals surface area contributed by atoms with Crippen LogP contribution in [0, 0.1) is 23.7 Å². The van der Waals surface area contributed by atoms with Crippen molar-refractivity contribution >= 4 is 23.1 Å². The van der Waals surface area contributed by atoms with Gasteiger partial charge in [-0.3, -0.25) is 4.79 Å². The molecule has 1 fully saturated rings. The molecule has 1 aliphatic rings. The van der Waals surface area contributed by atoms with Gasteiger partial charge in [0.05, 0.1) is 12.2 Å². The van der Waals surface area contributed by atoms with Gasteiger partial charge in [-0.15, -0.1) is 0 Å². The molecule has 0 saturated carbocycles. The van der Waals surface area contributed by atoms with Crippen molar-refractivity contribution in [3.63, 3.8) is 0 Å². The van der Waals surface area contributed by atoms with E-state index in [1.165, 1.54) is 12.5 Å². The van der Waals surface area contributed by atoms with Gasteiger partial charge < -0.3 is 35.6 Å². The molecule has 1 aliphatic heterocycles. The van der Waals surface area contributed by atoms with Crippen LogP contribution in [0.15, 0.2) is 30.3 Å². The van der Waals surface area contributed by atoms with Crippen molar-refractivity contribution < 1.29 is 34.3 Å². The van der Waals surface area contributed by atoms with Crippen LogP contribution in [-0.4, -0.2) is 95.6 Å². The van der Waals surface area contributed by atoms with Crippen molar-refractivity contribution in [1.29, 1.82) is 0 Å². The Morgan fingerprint density at radius 2 is 1.50 bits per heavy atom. The zero-order valence-corrected chi connectivity index (χ0v) is 37.8. The smallest absolute Gasteiger partial charge is 0.166 e. The van der Waals surface area contributed by atoms with Gasteiger partial charge in [0.25, 0.3) is 0 Å². The molecule has 54 heavy (non-hydrogen) atoms. The summed E-state index contributed by atoms with van der Waals surface area (Å²) in [7, 11) is 2.05. The number of likely N-dealkylation sites (N-methyl/N-ethyl adjacent to an activating group) is 1. The lowest BCUT2D eigenvalue weighted by Crippen LogP contribution is -2.40. The second-order valence-corrected chi connectivity index (χ2v) is 14.3. The normalized spacial score (nSPS) is 18.6. The Hall–Kier alpha value is -1.73. The molecule has 11 heteroatoms. The second kappa shape index (κ2) is 40.9. The molecular formula is C43H86FN3O6S. The van der Waals surface area contributed by atoms with Crippen molar-refractivity contribution in [1.82, 2.24) is 15.5 Å². The molecular weight excluding hydrogens is 706 g/mol. The van der Waals surface area contributed by atoms with Gasteiger partial charge in [0.2, 0.25) is 0 Å². The van der Waals surface area contributed by atoms with Gasteiger partial charge in [-0.2, -0.15) is 4.94 Å². The number of nitrogens with zero attached hydrogens (tertiary/aromatic N) is 1. The fraction of sp³-hybridized carbons (Fsp3) is 0.814. The fourth-order valence-electron chi connectivity index (χ4n) is 5.94. The third kappa shape index (κ3) is 35.9. The maximum absolute atomic E-state index is 13.2. The third-order valence-corrected chi connectivity index (χ3v) is 8.52. The molecule has 0 amide bonds. The number of Topliss-reactive ketones (excluding diaryl/α,β-unsaturated/α-hetero) is 1. The molecule has 2 rings (SSSR count). The predicted octanol–water partition coefficient (Wildman–Crippen LogP) is 8.92. The van der Waals surface area contributed by atoms with Gasteiger partial charge in [0, 0.05) is 45.1 Å². The summed E-state index contributed by atoms with van der Waals surface area (Å²) in [5.41, 5.74) is 1.33. The van der Waals surface area contributed by atoms with Gasteiger partial charge >= 0.3 is 0 Å². The van der Waals surface area contributed by atoms with Gasteiger partial charge in [0.15, 0.2) is 17.2 Å². The Labute approximate surface area is 337 Å². The summed E-state index contributed by atoms with van der Waals surface area (Å²) in [6.45, 7) is 29.0. The summed E-state index contributed by atoms with van der Waals surface area (Å²) >= 11 is 5.36. The molecule has 0 spiro atoms. The molecule has 8 atom stereocenters. The van der Waals surface area contributed by atoms with Gasteiger partial charge in [-0.25, -0.2) is 0 Å². The van der Waals surface area contributed by atoms with Gasteiger partial charge in [0.1, 0.15) is 6.10 Å². The second-order valence-electron chi connectivity index (χ2n) is 13.8. The highest BCUT2D eigenvalue weighted by atomic mass is 32.1. The molecule has 322 valence electrons. The van der Waals surface area contributed by atoms with Gasteiger partial charge in [-0.05, 0) is 106 Å². The first kappa shape index (κ1) is 59.0. The van der Waals surface area contributed by atoms with E-state index in [-0.39, 0.29) is 29.6 Å². The Kier molecular flexibility index (Phi) is 44.7. The Bertz CT molecular complexity index is 922. The van der Waals surface area contributed by atoms with Crippen LogP contribution >= 0.6 is 12.2 Å². The van der Waals surface area contributed by atoms with E-state index in [2.05, 4.69) is 58.6 Å². The number of hydrogen-bond acceptors (Lipinski definition) is 8. The summed E-state index contributed by atoms with van der Waals surface area (Å²) in [4.78, 5) is 18.4. The van der Waals surface area contributed by atoms with E-state index in [9.17, 15) is 14.4 Å². The number of benzene rings is 1. The number of rotatable bonds is 19. The average molecular weight is 792 g/mol. The van der Waals surface area contributed by atoms with E-state index in [0.717, 1.165) is 58.3 Å². The van der Waals surface area contributed by atoms with Crippen molar-refractivity contribution in [3.8, 4) is 0 Å². The number of aliphatic hydroxyl groups excluding tert-OH is 3. The Morgan fingerprint density at radius 1 is 0.963 bits per heavy atom. The van der Waals surface area contributed by atoms with Crippen molar-refractivity contribution in [2.45, 2.75) is 166 Å². The van der Waals surface area contributed by atoms with E-state index in [4.69, 9.17) is 27.2 Å². The van der Waals surface area contributed by atoms with Crippen LogP contribution in [0.2, 0.25) is 0 Å². The molecule has 9 nitrogen and oxygen atoms in total. The average Bonchev–Trinajstić information content (AvgIpc) is 3.15. The molecule has 1 aromatic carbocycles. The number of aryl methyl sites for hydroxylation is 1. The molecule has 5 N–H and O–H groups in total. The van der Waals surface area contributed by atoms with Crippen molar-refractivity contribution in [2.75, 3.05) is 39.8 Å². The number of thiocarbonyl (C=S) groups is 1. The molecule has 0 aromatic heterocycles. The quantitative estimate of drug-likeness (QED) is 0.0686. The molecule has 1 saturated heterocycles. The van der Waals surface area contributed by atoms with Crippen LogP contribution in [-0.2, 0) is 20.9 Å². The minimum absolute atomic E-state index is 0.129. The SMILES string of the molecule is CC.CC.CC.CC(C[C@H](C)C[C@H](C[C@@H](C)CN(C)CCNC(=S)NCCCc1ccccc1)OF)C(=O)[C@H](C)O.CC1CC(C)OC(O)C1.CCCO. The summed E-state index contributed by atoms with van der Waals surface area (Å²) in [5, 5.41) is 33.5. The zero-order chi connectivity index (χ0) is 42.5. The van der Waals surface area contributed by atoms with Crippen LogP contribution in [0.4, 0.5) is 4.53 Å². The van der Waals surface area contributed by atoms with E-state index in [0.29, 0.717) is 36.9 Å². The van der Waals surface area contributed by atoms with Crippen molar-refractivity contribution in [2.24, 2.45) is 23.7 Å². The van der Waals surface area contributed by atoms with Crippen LogP contribution in [0.25, 0.3) is 0 Å². The minimum Gasteiger partial charge on any atom is -0.396 e. The number of aliphatic hydroxyl groups is 3. The number of carbonyl (C=O) groups is 1. The Morgan fingerprint density at radius 3 is 1.98 bits per heavy atom. The first-order chi connectivity index (χ1) is 25.7. The standard InChI is InChI=1S/C27H46FN3O3S.C7H14O2.C3H8O.3C2H6/c1-20(16-22(3)26(33)23(4)32)17-25(34-28)18-21(2)19-31(5)15-14-30-27(35)29-13-9-12-24-10-7-6-8-11-24;1-5-3-6(2)9-7(8)4-5;1-2-3-4;3*1-2/h6-8,10-11,20-23,25,32H,9,12-19H2,1-5H3,(H2,29,30,35);5-8H,3-4H2,1-2H3;4H,2-3H2,1H3;3*1-2H3/t20-,21+,22?,23-,25+;;;;;/m0...../s1. The molecule has 0 radical (unpaired) electrons. The number of ketones is 1. The number of hydrogen-bond donors (Lipinski definition) is 5. The maximum Gasteiger partial charge on any atom is 0.166 e. The monoisotopic (exact) mass is 792 g/mol. The first-order valence-corrected chi connectivity index (χ1v) is 21.3. The van der Waals surface area contributed by atoms with E-state index in [1.807, 2.05) is 82.4 Å². The van der Waals surface area contributed by atoms with Crippen LogP contribution in [0.5, 0.6) is 0 Å². The zero-order valence-electron chi connectivity index (χ0n) is 37.0. The van der Waals surface area contributed by atoms with Crippen LogP contribution in [0.1, 0.15) is 141 Å². The number of ether oxygens (including phenoxy) is 1. The fourth-order valence-corrected chi connectivity index (χ4v) is 6.14. The van der Waals surface area contributed by atoms with Crippen LogP contribution < -0.4 is 10.6 Å². The lowest BCUT2D eigenvalue weighted by molar-refractivity contribution is -0.189. The first-order valence-electron chi connectivity index (χ1n) is 20.9. The van der Waals surface area contributed by atoms with E-state index >= 15 is 0 Å². The summed E-state index contributed by atoms with van der Waals surface area (Å²) in [5.74, 6) is 0.589. The molecule has 4 unspecified atom stereocenters. The summed E-state index contributed by atoms with van der Waals surface area (Å²) < 4.78 is 18.3. The predicted molar refractivity (Wildman–Crippen MR) is 231 cm³/mol. The highest BCUT2D eigenvalue weighted by molar-refractivity contribution is 7.80. The lowest BCUT2D eigenvalue weighted by Gasteiger charge is -2.28. The lowest BCUT2D eigenvalue weighted by atomic mass is 9.87. The van der Waals surface area contributed by atoms with Crippen molar-refractivity contribution in [3.05, 3.63) is 35.9 Å². The van der Waals surface area contributed by atoms with E-state index < -0.39 is 18.5 Å². The molecule has 1 aromatic rings. The summed E-state index contributed by atoms with van der Waals surface area (Å²) in [6.07, 6.45) is 4.85. The van der Waals surface area contributed by atoms with Gasteiger partial charge in [-0.1, -0.05) is 106 Å². The number of halogens is 1. The number of carbonyl (C=O) groups excluding carboxylic acids is 1. The van der Waals surface area contributed by atoms with E-state index in [1.54, 1.807) is 0 Å². The molecule has 0 aliphatic carbocycles. The molecule has 0 bridgehead atoms. The third-order valence-electron chi connectivity index (χ3n) is 8.23. The highest BCUT2D eigenvalue weighted by Crippen LogP contribution is 2.24.